The highest BCUT2D eigenvalue weighted by atomic mass is 16.6. The number of aromatic amines is 1. The predicted octanol–water partition coefficient (Wildman–Crippen LogP) is 2.25. The van der Waals surface area contributed by atoms with Crippen LogP contribution in [0.15, 0.2) is 24.4 Å². The number of tetrazole rings is 1. The molecule has 8 heteroatoms. The molecule has 1 aliphatic carbocycles. The SMILES string of the molecule is CCC1C(C)CC2(O)C(=O)OC(C)C2C1/C=C/c1ccc(-c2nn[nH]n2)cn1. The van der Waals surface area contributed by atoms with Crippen molar-refractivity contribution >= 4 is 12.0 Å². The van der Waals surface area contributed by atoms with Gasteiger partial charge >= 0.3 is 5.97 Å². The van der Waals surface area contributed by atoms with Crippen molar-refractivity contribution in [1.29, 1.82) is 0 Å². The summed E-state index contributed by atoms with van der Waals surface area (Å²) in [6.07, 6.45) is 6.89. The van der Waals surface area contributed by atoms with Crippen molar-refractivity contribution in [2.75, 3.05) is 0 Å². The van der Waals surface area contributed by atoms with Gasteiger partial charge < -0.3 is 9.84 Å². The Balaban J connectivity index is 1.61. The largest absolute Gasteiger partial charge is 0.460 e. The number of hydrogen-bond acceptors (Lipinski definition) is 7. The molecule has 0 bridgehead atoms. The zero-order valence-corrected chi connectivity index (χ0v) is 16.2. The molecule has 6 unspecified atom stereocenters. The minimum Gasteiger partial charge on any atom is -0.460 e. The lowest BCUT2D eigenvalue weighted by Gasteiger charge is -2.45. The molecule has 2 aromatic rings. The fraction of sp³-hybridized carbons (Fsp3) is 0.550. The monoisotopic (exact) mass is 383 g/mol. The lowest BCUT2D eigenvalue weighted by atomic mass is 9.59. The van der Waals surface area contributed by atoms with Crippen molar-refractivity contribution in [2.24, 2.45) is 23.7 Å². The summed E-state index contributed by atoms with van der Waals surface area (Å²) in [5.41, 5.74) is 0.179. The number of nitrogens with zero attached hydrogens (tertiary/aromatic N) is 4. The van der Waals surface area contributed by atoms with E-state index in [2.05, 4.69) is 45.5 Å². The molecule has 1 saturated heterocycles. The minimum absolute atomic E-state index is 0.0406. The molecule has 28 heavy (non-hydrogen) atoms. The maximum atomic E-state index is 12.3. The predicted molar refractivity (Wildman–Crippen MR) is 101 cm³/mol. The van der Waals surface area contributed by atoms with Gasteiger partial charge in [-0.25, -0.2) is 4.79 Å². The maximum Gasteiger partial charge on any atom is 0.338 e. The molecule has 148 valence electrons. The summed E-state index contributed by atoms with van der Waals surface area (Å²) in [6, 6.07) is 3.78. The van der Waals surface area contributed by atoms with Crippen LogP contribution in [0.1, 0.15) is 39.3 Å². The van der Waals surface area contributed by atoms with E-state index in [0.29, 0.717) is 18.2 Å². The Morgan fingerprint density at radius 3 is 2.86 bits per heavy atom. The molecule has 3 heterocycles. The van der Waals surface area contributed by atoms with E-state index < -0.39 is 11.6 Å². The Morgan fingerprint density at radius 1 is 1.39 bits per heavy atom. The number of carbonyl (C=O) groups is 1. The second-order valence-corrected chi connectivity index (χ2v) is 7.96. The van der Waals surface area contributed by atoms with Crippen LogP contribution in [0, 0.1) is 23.7 Å². The summed E-state index contributed by atoms with van der Waals surface area (Å²) in [6.45, 7) is 6.14. The van der Waals surface area contributed by atoms with Gasteiger partial charge in [-0.2, -0.15) is 5.21 Å². The molecular weight excluding hydrogens is 358 g/mol. The van der Waals surface area contributed by atoms with Crippen molar-refractivity contribution < 1.29 is 14.6 Å². The van der Waals surface area contributed by atoms with Crippen molar-refractivity contribution in [3.63, 3.8) is 0 Å². The van der Waals surface area contributed by atoms with Gasteiger partial charge in [0.05, 0.1) is 5.69 Å². The number of pyridine rings is 1. The number of carbonyl (C=O) groups excluding carboxylic acids is 1. The van der Waals surface area contributed by atoms with Gasteiger partial charge in [0, 0.05) is 17.7 Å². The van der Waals surface area contributed by atoms with E-state index in [1.165, 1.54) is 0 Å². The number of aliphatic hydroxyl groups is 1. The number of nitrogens with one attached hydrogen (secondary N) is 1. The molecule has 0 radical (unpaired) electrons. The molecule has 2 fully saturated rings. The second kappa shape index (κ2) is 7.09. The van der Waals surface area contributed by atoms with Gasteiger partial charge in [-0.3, -0.25) is 4.98 Å². The molecule has 2 N–H and O–H groups in total. The molecule has 0 spiro atoms. The van der Waals surface area contributed by atoms with Crippen LogP contribution in [0.4, 0.5) is 0 Å². The Hall–Kier alpha value is -2.61. The van der Waals surface area contributed by atoms with Crippen molar-refractivity contribution in [1.82, 2.24) is 25.6 Å². The number of allylic oxidation sites excluding steroid dienone is 1. The molecular formula is C20H25N5O3. The van der Waals surface area contributed by atoms with Crippen LogP contribution in [-0.2, 0) is 9.53 Å². The number of cyclic esters (lactones) is 1. The summed E-state index contributed by atoms with van der Waals surface area (Å²) in [4.78, 5) is 16.8. The van der Waals surface area contributed by atoms with Crippen LogP contribution >= 0.6 is 0 Å². The van der Waals surface area contributed by atoms with Crippen LogP contribution in [0.5, 0.6) is 0 Å². The minimum atomic E-state index is -1.39. The van der Waals surface area contributed by atoms with Gasteiger partial charge in [-0.05, 0) is 54.5 Å². The highest BCUT2D eigenvalue weighted by molar-refractivity contribution is 5.82. The normalized spacial score (nSPS) is 35.1. The number of hydrogen-bond donors (Lipinski definition) is 2. The molecule has 6 atom stereocenters. The lowest BCUT2D eigenvalue weighted by Crippen LogP contribution is -2.53. The first-order valence-electron chi connectivity index (χ1n) is 9.75. The van der Waals surface area contributed by atoms with Crippen molar-refractivity contribution in [3.8, 4) is 11.4 Å². The summed E-state index contributed by atoms with van der Waals surface area (Å²) < 4.78 is 5.43. The fourth-order valence-corrected chi connectivity index (χ4v) is 5.07. The third-order valence-electron chi connectivity index (χ3n) is 6.33. The van der Waals surface area contributed by atoms with E-state index in [9.17, 15) is 9.90 Å². The summed E-state index contributed by atoms with van der Waals surface area (Å²) in [5.74, 6) is 0.419. The molecule has 2 aromatic heterocycles. The van der Waals surface area contributed by atoms with Gasteiger partial charge in [-0.1, -0.05) is 26.3 Å². The summed E-state index contributed by atoms with van der Waals surface area (Å²) in [5, 5.41) is 25.0. The molecule has 0 amide bonds. The number of esters is 1. The average molecular weight is 383 g/mol. The van der Waals surface area contributed by atoms with E-state index in [-0.39, 0.29) is 23.9 Å². The van der Waals surface area contributed by atoms with Crippen LogP contribution in [-0.4, -0.2) is 48.4 Å². The smallest absolute Gasteiger partial charge is 0.338 e. The second-order valence-electron chi connectivity index (χ2n) is 7.96. The van der Waals surface area contributed by atoms with E-state index in [1.54, 1.807) is 6.20 Å². The number of ether oxygens (including phenoxy) is 1. The zero-order valence-electron chi connectivity index (χ0n) is 16.2. The van der Waals surface area contributed by atoms with Gasteiger partial charge in [0.1, 0.15) is 6.10 Å². The number of fused-ring (bicyclic) bond motifs is 1. The Kier molecular flexibility index (Phi) is 4.74. The Morgan fingerprint density at radius 2 is 2.21 bits per heavy atom. The lowest BCUT2D eigenvalue weighted by molar-refractivity contribution is -0.160. The topological polar surface area (TPSA) is 114 Å². The van der Waals surface area contributed by atoms with Crippen LogP contribution in [0.25, 0.3) is 17.5 Å². The van der Waals surface area contributed by atoms with Crippen LogP contribution in [0.3, 0.4) is 0 Å². The molecule has 0 aromatic carbocycles. The van der Waals surface area contributed by atoms with E-state index in [1.807, 2.05) is 25.1 Å². The molecule has 2 aliphatic rings. The molecule has 1 aliphatic heterocycles. The first kappa shape index (κ1) is 18.7. The van der Waals surface area contributed by atoms with Crippen LogP contribution in [0.2, 0.25) is 0 Å². The summed E-state index contributed by atoms with van der Waals surface area (Å²) >= 11 is 0. The number of H-pyrrole nitrogens is 1. The van der Waals surface area contributed by atoms with E-state index in [4.69, 9.17) is 4.74 Å². The highest BCUT2D eigenvalue weighted by Crippen LogP contribution is 2.52. The standard InChI is InChI=1S/C20H25N5O3/c1-4-15-11(2)9-20(27)17(12(3)28-19(20)26)16(15)8-7-14-6-5-13(10-21-14)18-22-24-25-23-18/h5-8,10-12,15-17,27H,4,9H2,1-3H3,(H,22,23,24,25)/b8-7+. The highest BCUT2D eigenvalue weighted by Gasteiger charge is 2.62. The van der Waals surface area contributed by atoms with Gasteiger partial charge in [0.15, 0.2) is 5.60 Å². The van der Waals surface area contributed by atoms with E-state index >= 15 is 0 Å². The first-order valence-corrected chi connectivity index (χ1v) is 9.75. The van der Waals surface area contributed by atoms with Crippen molar-refractivity contribution in [3.05, 3.63) is 30.1 Å². The third-order valence-corrected chi connectivity index (χ3v) is 6.33. The Labute approximate surface area is 163 Å². The summed E-state index contributed by atoms with van der Waals surface area (Å²) in [7, 11) is 0. The van der Waals surface area contributed by atoms with E-state index in [0.717, 1.165) is 17.7 Å². The number of aromatic nitrogens is 5. The fourth-order valence-electron chi connectivity index (χ4n) is 5.07. The molecule has 1 saturated carbocycles. The van der Waals surface area contributed by atoms with Gasteiger partial charge in [0.2, 0.25) is 5.82 Å². The van der Waals surface area contributed by atoms with Gasteiger partial charge in [-0.15, -0.1) is 10.2 Å². The van der Waals surface area contributed by atoms with Crippen LogP contribution < -0.4 is 0 Å². The third kappa shape index (κ3) is 3.01. The quantitative estimate of drug-likeness (QED) is 0.778. The molecule has 8 nitrogen and oxygen atoms in total. The number of rotatable bonds is 4. The van der Waals surface area contributed by atoms with Gasteiger partial charge in [0.25, 0.3) is 0 Å². The zero-order chi connectivity index (χ0) is 19.9. The first-order chi connectivity index (χ1) is 13.4. The maximum absolute atomic E-state index is 12.3. The molecule has 4 rings (SSSR count). The Bertz CT molecular complexity index is 866. The van der Waals surface area contributed by atoms with Crippen molar-refractivity contribution in [2.45, 2.75) is 45.3 Å². The average Bonchev–Trinajstić information content (AvgIpc) is 3.27.